The molecule has 0 radical (unpaired) electrons. The van der Waals surface area contributed by atoms with Crippen molar-refractivity contribution >= 4 is 29.0 Å². The van der Waals surface area contributed by atoms with Crippen LogP contribution in [0.25, 0.3) is 0 Å². The van der Waals surface area contributed by atoms with Crippen molar-refractivity contribution in [1.29, 1.82) is 0 Å². The van der Waals surface area contributed by atoms with E-state index in [0.717, 1.165) is 32.7 Å². The molecule has 2 N–H and O–H groups in total. The second-order valence-electron chi connectivity index (χ2n) is 6.02. The molecule has 8 nitrogen and oxygen atoms in total. The highest BCUT2D eigenvalue weighted by Crippen LogP contribution is 2.26. The molecule has 1 aliphatic rings. The summed E-state index contributed by atoms with van der Waals surface area (Å²) in [6.45, 7) is 6.73. The van der Waals surface area contributed by atoms with Crippen LogP contribution in [0.3, 0.4) is 0 Å². The molecule has 0 spiro atoms. The van der Waals surface area contributed by atoms with Gasteiger partial charge in [-0.15, -0.1) is 0 Å². The summed E-state index contributed by atoms with van der Waals surface area (Å²) in [7, 11) is 2.10. The molecule has 2 amide bonds. The van der Waals surface area contributed by atoms with Gasteiger partial charge in [-0.05, 0) is 20.0 Å². The van der Waals surface area contributed by atoms with Crippen LogP contribution in [0.5, 0.6) is 0 Å². The van der Waals surface area contributed by atoms with Crippen molar-refractivity contribution in [3.05, 3.63) is 33.3 Å². The summed E-state index contributed by atoms with van der Waals surface area (Å²) >= 11 is 5.96. The number of benzene rings is 1. The zero-order chi connectivity index (χ0) is 17.7. The van der Waals surface area contributed by atoms with Gasteiger partial charge < -0.3 is 15.5 Å². The van der Waals surface area contributed by atoms with E-state index in [0.29, 0.717) is 5.69 Å². The van der Waals surface area contributed by atoms with E-state index in [4.69, 9.17) is 11.6 Å². The van der Waals surface area contributed by atoms with E-state index in [1.165, 1.54) is 18.2 Å². The van der Waals surface area contributed by atoms with E-state index < -0.39 is 4.92 Å². The fourth-order valence-electron chi connectivity index (χ4n) is 2.56. The molecule has 1 aliphatic heterocycles. The largest absolute Gasteiger partial charge is 0.334 e. The Bertz CT molecular complexity index is 605. The monoisotopic (exact) mass is 355 g/mol. The van der Waals surface area contributed by atoms with E-state index in [9.17, 15) is 14.9 Å². The molecule has 0 bridgehead atoms. The summed E-state index contributed by atoms with van der Waals surface area (Å²) in [5.74, 6) is 0. The molecule has 1 heterocycles. The van der Waals surface area contributed by atoms with Gasteiger partial charge in [0.1, 0.15) is 0 Å². The number of nitrogens with one attached hydrogen (secondary N) is 2. The fraction of sp³-hybridized carbons (Fsp3) is 0.533. The molecule has 24 heavy (non-hydrogen) atoms. The molecule has 1 aromatic carbocycles. The van der Waals surface area contributed by atoms with Crippen LogP contribution in [-0.2, 0) is 0 Å². The van der Waals surface area contributed by atoms with E-state index in [1.54, 1.807) is 0 Å². The molecular weight excluding hydrogens is 334 g/mol. The number of nitro benzene ring substituents is 1. The molecule has 0 aliphatic carbocycles. The van der Waals surface area contributed by atoms with Gasteiger partial charge in [-0.2, -0.15) is 0 Å². The average molecular weight is 356 g/mol. The fourth-order valence-corrected chi connectivity index (χ4v) is 2.79. The first-order chi connectivity index (χ1) is 11.3. The summed E-state index contributed by atoms with van der Waals surface area (Å²) in [4.78, 5) is 26.8. The van der Waals surface area contributed by atoms with Gasteiger partial charge >= 0.3 is 6.03 Å². The van der Waals surface area contributed by atoms with Gasteiger partial charge in [0, 0.05) is 50.9 Å². The number of hydrogen-bond donors (Lipinski definition) is 2. The van der Waals surface area contributed by atoms with Crippen molar-refractivity contribution < 1.29 is 9.72 Å². The molecule has 1 atom stereocenters. The highest BCUT2D eigenvalue weighted by atomic mass is 35.5. The number of non-ortho nitro benzene ring substituents is 1. The third-order valence-electron chi connectivity index (χ3n) is 3.92. The first kappa shape index (κ1) is 18.4. The van der Waals surface area contributed by atoms with Crippen LogP contribution in [0.15, 0.2) is 18.2 Å². The van der Waals surface area contributed by atoms with Crippen LogP contribution in [0.4, 0.5) is 16.2 Å². The maximum Gasteiger partial charge on any atom is 0.319 e. The van der Waals surface area contributed by atoms with Crippen molar-refractivity contribution in [3.63, 3.8) is 0 Å². The molecule has 1 fully saturated rings. The normalized spacial score (nSPS) is 17.3. The SMILES string of the molecule is CC(CN1CCN(C)CC1)NC(=O)Nc1ccc([N+](=O)[O-])cc1Cl. The number of nitro groups is 1. The maximum atomic E-state index is 12.0. The number of rotatable bonds is 5. The number of hydrogen-bond acceptors (Lipinski definition) is 5. The molecule has 1 saturated heterocycles. The summed E-state index contributed by atoms with van der Waals surface area (Å²) in [5, 5.41) is 16.3. The number of anilines is 1. The number of likely N-dealkylation sites (N-methyl/N-ethyl adjacent to an activating group) is 1. The maximum absolute atomic E-state index is 12.0. The van der Waals surface area contributed by atoms with Gasteiger partial charge in [0.15, 0.2) is 0 Å². The molecule has 0 aromatic heterocycles. The second-order valence-corrected chi connectivity index (χ2v) is 6.43. The molecular formula is C15H22ClN5O3. The number of carbonyl (C=O) groups excluding carboxylic acids is 1. The van der Waals surface area contributed by atoms with Crippen LogP contribution < -0.4 is 10.6 Å². The van der Waals surface area contributed by atoms with Crippen LogP contribution in [0, 0.1) is 10.1 Å². The highest BCUT2D eigenvalue weighted by Gasteiger charge is 2.18. The standard InChI is InChI=1S/C15H22ClN5O3/c1-11(10-20-7-5-19(2)6-8-20)17-15(22)18-14-4-3-12(21(23)24)9-13(14)16/h3-4,9,11H,5-8,10H2,1-2H3,(H2,17,18,22). The second kappa shape index (κ2) is 8.27. The summed E-state index contributed by atoms with van der Waals surface area (Å²) in [6.07, 6.45) is 0. The summed E-state index contributed by atoms with van der Waals surface area (Å²) < 4.78 is 0. The Kier molecular flexibility index (Phi) is 6.36. The zero-order valence-electron chi connectivity index (χ0n) is 13.8. The lowest BCUT2D eigenvalue weighted by atomic mass is 10.2. The van der Waals surface area contributed by atoms with Crippen LogP contribution in [-0.4, -0.2) is 66.6 Å². The highest BCUT2D eigenvalue weighted by molar-refractivity contribution is 6.33. The first-order valence-electron chi connectivity index (χ1n) is 7.77. The smallest absolute Gasteiger partial charge is 0.319 e. The minimum atomic E-state index is -0.534. The predicted molar refractivity (Wildman–Crippen MR) is 93.7 cm³/mol. The number of amides is 2. The van der Waals surface area contributed by atoms with Gasteiger partial charge in [-0.1, -0.05) is 11.6 Å². The number of carbonyl (C=O) groups is 1. The lowest BCUT2D eigenvalue weighted by Gasteiger charge is -2.34. The average Bonchev–Trinajstić information content (AvgIpc) is 2.51. The van der Waals surface area contributed by atoms with Gasteiger partial charge in [0.2, 0.25) is 0 Å². The number of nitrogens with zero attached hydrogens (tertiary/aromatic N) is 3. The Morgan fingerprint density at radius 2 is 2.04 bits per heavy atom. The van der Waals surface area contributed by atoms with Crippen molar-refractivity contribution in [1.82, 2.24) is 15.1 Å². The van der Waals surface area contributed by atoms with Crippen LogP contribution >= 0.6 is 11.6 Å². The topological polar surface area (TPSA) is 90.8 Å². The van der Waals surface area contributed by atoms with Gasteiger partial charge in [-0.3, -0.25) is 15.0 Å². The van der Waals surface area contributed by atoms with Crippen LogP contribution in [0.2, 0.25) is 5.02 Å². The van der Waals surface area contributed by atoms with Crippen molar-refractivity contribution in [2.75, 3.05) is 45.1 Å². The Hall–Kier alpha value is -1.90. The van der Waals surface area contributed by atoms with E-state index in [-0.39, 0.29) is 22.8 Å². The van der Waals surface area contributed by atoms with E-state index in [1.807, 2.05) is 6.92 Å². The first-order valence-corrected chi connectivity index (χ1v) is 8.15. The Labute approximate surface area is 145 Å². The minimum Gasteiger partial charge on any atom is -0.334 e. The number of piperazine rings is 1. The van der Waals surface area contributed by atoms with E-state index in [2.05, 4.69) is 27.5 Å². The van der Waals surface area contributed by atoms with Crippen molar-refractivity contribution in [3.8, 4) is 0 Å². The zero-order valence-corrected chi connectivity index (χ0v) is 14.5. The van der Waals surface area contributed by atoms with E-state index >= 15 is 0 Å². The molecule has 1 unspecified atom stereocenters. The van der Waals surface area contributed by atoms with Gasteiger partial charge in [0.05, 0.1) is 15.6 Å². The van der Waals surface area contributed by atoms with Gasteiger partial charge in [-0.25, -0.2) is 4.79 Å². The molecule has 0 saturated carbocycles. The number of halogens is 1. The molecule has 2 rings (SSSR count). The molecule has 9 heteroatoms. The number of urea groups is 1. The summed E-state index contributed by atoms with van der Waals surface area (Å²) in [5.41, 5.74) is 0.223. The molecule has 1 aromatic rings. The van der Waals surface area contributed by atoms with Gasteiger partial charge in [0.25, 0.3) is 5.69 Å². The quantitative estimate of drug-likeness (QED) is 0.622. The third kappa shape index (κ3) is 5.33. The summed E-state index contributed by atoms with van der Waals surface area (Å²) in [6, 6.07) is 3.53. The Morgan fingerprint density at radius 3 is 2.62 bits per heavy atom. The lowest BCUT2D eigenvalue weighted by molar-refractivity contribution is -0.384. The minimum absolute atomic E-state index is 0.0229. The lowest BCUT2D eigenvalue weighted by Crippen LogP contribution is -2.50. The Balaban J connectivity index is 1.83. The third-order valence-corrected chi connectivity index (χ3v) is 4.23. The molecule has 132 valence electrons. The van der Waals surface area contributed by atoms with Crippen molar-refractivity contribution in [2.24, 2.45) is 0 Å². The predicted octanol–water partition coefficient (Wildman–Crippen LogP) is 2.01. The van der Waals surface area contributed by atoms with Crippen LogP contribution in [0.1, 0.15) is 6.92 Å². The Morgan fingerprint density at radius 1 is 1.38 bits per heavy atom. The van der Waals surface area contributed by atoms with Crippen molar-refractivity contribution in [2.45, 2.75) is 13.0 Å².